The Hall–Kier alpha value is 0.660. The molecule has 1 unspecified atom stereocenters. The van der Waals surface area contributed by atoms with Gasteiger partial charge in [0.2, 0.25) is 0 Å². The Morgan fingerprint density at radius 3 is 2.47 bits per heavy atom. The van der Waals surface area contributed by atoms with E-state index in [1.165, 1.54) is 30.8 Å². The molecule has 1 aliphatic rings. The van der Waals surface area contributed by atoms with E-state index in [1.807, 2.05) is 11.8 Å². The predicted molar refractivity (Wildman–Crippen MR) is 84.3 cm³/mol. The first-order chi connectivity index (χ1) is 7.99. The highest BCUT2D eigenvalue weighted by atomic mass is 32.2. The quantitative estimate of drug-likeness (QED) is 0.786. The van der Waals surface area contributed by atoms with Gasteiger partial charge in [-0.3, -0.25) is 0 Å². The van der Waals surface area contributed by atoms with Crippen molar-refractivity contribution in [2.24, 2.45) is 5.41 Å². The molecule has 1 heterocycles. The van der Waals surface area contributed by atoms with Crippen LogP contribution < -0.4 is 5.32 Å². The van der Waals surface area contributed by atoms with Gasteiger partial charge in [-0.05, 0) is 36.7 Å². The van der Waals surface area contributed by atoms with E-state index in [4.69, 9.17) is 0 Å². The Balaban J connectivity index is 2.53. The van der Waals surface area contributed by atoms with Crippen LogP contribution in [0, 0.1) is 5.41 Å². The monoisotopic (exact) mass is 275 g/mol. The minimum Gasteiger partial charge on any atom is -0.311 e. The smallest absolute Gasteiger partial charge is 0.0276 e. The lowest BCUT2D eigenvalue weighted by Crippen LogP contribution is -2.51. The SMILES string of the molecule is CCC(CC)(CNC1CSCCC1(C)C)SC. The average Bonchev–Trinajstić information content (AvgIpc) is 2.33. The van der Waals surface area contributed by atoms with E-state index in [9.17, 15) is 0 Å². The van der Waals surface area contributed by atoms with E-state index in [1.54, 1.807) is 0 Å². The molecule has 0 aliphatic carbocycles. The van der Waals surface area contributed by atoms with Crippen molar-refractivity contribution in [2.75, 3.05) is 24.3 Å². The zero-order valence-electron chi connectivity index (χ0n) is 12.1. The minimum absolute atomic E-state index is 0.443. The summed E-state index contributed by atoms with van der Waals surface area (Å²) in [4.78, 5) is 0. The molecule has 1 fully saturated rings. The molecule has 1 rings (SSSR count). The van der Waals surface area contributed by atoms with Crippen molar-refractivity contribution in [3.63, 3.8) is 0 Å². The van der Waals surface area contributed by atoms with Crippen LogP contribution in [0.15, 0.2) is 0 Å². The molecule has 0 aromatic carbocycles. The molecule has 102 valence electrons. The van der Waals surface area contributed by atoms with Crippen molar-refractivity contribution < 1.29 is 0 Å². The van der Waals surface area contributed by atoms with E-state index >= 15 is 0 Å². The fraction of sp³-hybridized carbons (Fsp3) is 1.00. The molecule has 1 N–H and O–H groups in total. The molecule has 0 amide bonds. The van der Waals surface area contributed by atoms with Crippen LogP contribution >= 0.6 is 23.5 Å². The maximum atomic E-state index is 3.86. The van der Waals surface area contributed by atoms with E-state index in [2.05, 4.69) is 51.0 Å². The lowest BCUT2D eigenvalue weighted by molar-refractivity contribution is 0.239. The van der Waals surface area contributed by atoms with E-state index < -0.39 is 0 Å². The van der Waals surface area contributed by atoms with Crippen LogP contribution in [0.5, 0.6) is 0 Å². The van der Waals surface area contributed by atoms with Gasteiger partial charge in [0.05, 0.1) is 0 Å². The third-order valence-electron chi connectivity index (χ3n) is 4.51. The third-order valence-corrected chi connectivity index (χ3v) is 7.16. The van der Waals surface area contributed by atoms with Crippen molar-refractivity contribution in [1.29, 1.82) is 0 Å². The molecule has 0 saturated carbocycles. The summed E-state index contributed by atoms with van der Waals surface area (Å²) >= 11 is 4.15. The highest BCUT2D eigenvalue weighted by Gasteiger charge is 2.34. The fourth-order valence-corrected chi connectivity index (χ4v) is 4.89. The highest BCUT2D eigenvalue weighted by Crippen LogP contribution is 2.35. The zero-order valence-corrected chi connectivity index (χ0v) is 13.8. The van der Waals surface area contributed by atoms with Gasteiger partial charge in [-0.25, -0.2) is 0 Å². The molecule has 1 aliphatic heterocycles. The molecule has 0 bridgehead atoms. The summed E-state index contributed by atoms with van der Waals surface area (Å²) in [6.07, 6.45) is 6.13. The second-order valence-electron chi connectivity index (χ2n) is 5.84. The lowest BCUT2D eigenvalue weighted by Gasteiger charge is -2.41. The predicted octanol–water partition coefficient (Wildman–Crippen LogP) is 4.03. The van der Waals surface area contributed by atoms with Gasteiger partial charge in [0.15, 0.2) is 0 Å². The number of rotatable bonds is 6. The number of nitrogens with one attached hydrogen (secondary N) is 1. The summed E-state index contributed by atoms with van der Waals surface area (Å²) < 4.78 is 0.443. The molecule has 17 heavy (non-hydrogen) atoms. The Morgan fingerprint density at radius 1 is 1.35 bits per heavy atom. The van der Waals surface area contributed by atoms with Crippen LogP contribution in [0.4, 0.5) is 0 Å². The van der Waals surface area contributed by atoms with Gasteiger partial charge in [0.1, 0.15) is 0 Å². The maximum Gasteiger partial charge on any atom is 0.0276 e. The third kappa shape index (κ3) is 4.07. The second-order valence-corrected chi connectivity index (χ2v) is 8.27. The molecule has 1 saturated heterocycles. The molecule has 0 spiro atoms. The van der Waals surface area contributed by atoms with Crippen LogP contribution in [-0.2, 0) is 0 Å². The molecule has 1 nitrogen and oxygen atoms in total. The van der Waals surface area contributed by atoms with Gasteiger partial charge < -0.3 is 5.32 Å². The van der Waals surface area contributed by atoms with Crippen molar-refractivity contribution in [3.05, 3.63) is 0 Å². The average molecular weight is 276 g/mol. The van der Waals surface area contributed by atoms with Crippen LogP contribution in [-0.4, -0.2) is 35.1 Å². The molecule has 0 aromatic heterocycles. The van der Waals surface area contributed by atoms with Gasteiger partial charge in [-0.1, -0.05) is 27.7 Å². The number of hydrogen-bond acceptors (Lipinski definition) is 3. The van der Waals surface area contributed by atoms with Crippen LogP contribution in [0.3, 0.4) is 0 Å². The summed E-state index contributed by atoms with van der Waals surface area (Å²) in [6, 6.07) is 0.686. The summed E-state index contributed by atoms with van der Waals surface area (Å²) in [7, 11) is 0. The van der Waals surface area contributed by atoms with Gasteiger partial charge in [0.25, 0.3) is 0 Å². The van der Waals surface area contributed by atoms with Gasteiger partial charge in [-0.15, -0.1) is 0 Å². The number of thioether (sulfide) groups is 2. The summed E-state index contributed by atoms with van der Waals surface area (Å²) in [5.74, 6) is 2.62. The van der Waals surface area contributed by atoms with E-state index in [0.717, 1.165) is 6.54 Å². The van der Waals surface area contributed by atoms with Crippen molar-refractivity contribution in [1.82, 2.24) is 5.32 Å². The van der Waals surface area contributed by atoms with Crippen LogP contribution in [0.25, 0.3) is 0 Å². The Morgan fingerprint density at radius 2 is 2.00 bits per heavy atom. The highest BCUT2D eigenvalue weighted by molar-refractivity contribution is 8.00. The maximum absolute atomic E-state index is 3.86. The van der Waals surface area contributed by atoms with Crippen molar-refractivity contribution >= 4 is 23.5 Å². The van der Waals surface area contributed by atoms with Crippen molar-refractivity contribution in [2.45, 2.75) is 57.7 Å². The lowest BCUT2D eigenvalue weighted by atomic mass is 9.82. The Labute approximate surface area is 116 Å². The summed E-state index contributed by atoms with van der Waals surface area (Å²) in [5.41, 5.74) is 0.469. The largest absolute Gasteiger partial charge is 0.311 e. The molecular formula is C14H29NS2. The van der Waals surface area contributed by atoms with Gasteiger partial charge >= 0.3 is 0 Å². The fourth-order valence-electron chi connectivity index (χ4n) is 2.44. The first-order valence-corrected chi connectivity index (χ1v) is 9.24. The molecule has 3 heteroatoms. The minimum atomic E-state index is 0.443. The Bertz CT molecular complexity index is 216. The first-order valence-electron chi connectivity index (χ1n) is 6.86. The van der Waals surface area contributed by atoms with Gasteiger partial charge in [-0.2, -0.15) is 23.5 Å². The standard InChI is InChI=1S/C14H29NS2/c1-6-14(7-2,16-5)11-15-12-10-17-9-8-13(12,3)4/h12,15H,6-11H2,1-5H3. The summed E-state index contributed by atoms with van der Waals surface area (Å²) in [6.45, 7) is 10.6. The normalized spacial score (nSPS) is 24.9. The van der Waals surface area contributed by atoms with Gasteiger partial charge in [0, 0.05) is 23.1 Å². The molecule has 1 atom stereocenters. The molecular weight excluding hydrogens is 246 g/mol. The Kier molecular flexibility index (Phi) is 6.21. The van der Waals surface area contributed by atoms with Crippen LogP contribution in [0.1, 0.15) is 47.0 Å². The van der Waals surface area contributed by atoms with E-state index in [-0.39, 0.29) is 0 Å². The summed E-state index contributed by atoms with van der Waals surface area (Å²) in [5, 5.41) is 3.86. The van der Waals surface area contributed by atoms with E-state index in [0.29, 0.717) is 16.2 Å². The topological polar surface area (TPSA) is 12.0 Å². The zero-order chi connectivity index (χ0) is 12.9. The number of hydrogen-bond donors (Lipinski definition) is 1. The molecule has 0 radical (unpaired) electrons. The second kappa shape index (κ2) is 6.72. The molecule has 0 aromatic rings. The first kappa shape index (κ1) is 15.7. The van der Waals surface area contributed by atoms with Crippen molar-refractivity contribution in [3.8, 4) is 0 Å². The van der Waals surface area contributed by atoms with Crippen LogP contribution in [0.2, 0.25) is 0 Å².